The molecule has 2 saturated carbocycles. The predicted molar refractivity (Wildman–Crippen MR) is 141 cm³/mol. The number of anilines is 2. The normalized spacial score (nSPS) is 17.1. The van der Waals surface area contributed by atoms with Crippen LogP contribution in [0.5, 0.6) is 0 Å². The Hall–Kier alpha value is -4.24. The minimum atomic E-state index is -2.78. The van der Waals surface area contributed by atoms with E-state index in [1.807, 2.05) is 0 Å². The molecule has 2 fully saturated rings. The summed E-state index contributed by atoms with van der Waals surface area (Å²) in [5.74, 6) is 0.0594. The predicted octanol–water partition coefficient (Wildman–Crippen LogP) is 6.13. The Morgan fingerprint density at radius 3 is 1.50 bits per heavy atom. The first kappa shape index (κ1) is 29.3. The summed E-state index contributed by atoms with van der Waals surface area (Å²) in [6.07, 6.45) is 4.91. The van der Waals surface area contributed by atoms with Gasteiger partial charge in [-0.25, -0.2) is 19.9 Å². The van der Waals surface area contributed by atoms with Gasteiger partial charge in [0.1, 0.15) is 0 Å². The average Bonchev–Trinajstić information content (AvgIpc) is 3.77. The molecule has 1 atom stereocenters. The highest BCUT2D eigenvalue weighted by Crippen LogP contribution is 2.48. The zero-order valence-corrected chi connectivity index (χ0v) is 23.4. The SMILES string of the molecule is CC(C)C1(Nc2ncc(-c3nnc(C(F)F)o3)cn2)CC1.CC(Nc1ncc(-c2nnc(C(F)F)o2)cn1)C1(C)CC1. The zero-order valence-electron chi connectivity index (χ0n) is 23.4. The highest BCUT2D eigenvalue weighted by molar-refractivity contribution is 5.51. The molecule has 4 heterocycles. The smallest absolute Gasteiger partial charge is 0.314 e. The van der Waals surface area contributed by atoms with E-state index in [-0.39, 0.29) is 23.4 Å². The second-order valence-corrected chi connectivity index (χ2v) is 11.0. The van der Waals surface area contributed by atoms with Crippen molar-refractivity contribution in [1.29, 1.82) is 0 Å². The highest BCUT2D eigenvalue weighted by Gasteiger charge is 2.46. The summed E-state index contributed by atoms with van der Waals surface area (Å²) in [6.45, 7) is 8.61. The average molecular weight is 591 g/mol. The van der Waals surface area contributed by atoms with E-state index in [0.29, 0.717) is 34.4 Å². The molecule has 224 valence electrons. The van der Waals surface area contributed by atoms with Gasteiger partial charge >= 0.3 is 12.9 Å². The van der Waals surface area contributed by atoms with Crippen molar-refractivity contribution in [2.24, 2.45) is 11.3 Å². The van der Waals surface area contributed by atoms with E-state index >= 15 is 0 Å². The van der Waals surface area contributed by atoms with E-state index in [0.717, 1.165) is 12.8 Å². The van der Waals surface area contributed by atoms with Crippen LogP contribution >= 0.6 is 0 Å². The molecule has 2 N–H and O–H groups in total. The van der Waals surface area contributed by atoms with Crippen molar-refractivity contribution in [3.8, 4) is 22.9 Å². The second-order valence-electron chi connectivity index (χ2n) is 11.0. The Labute approximate surface area is 238 Å². The first-order chi connectivity index (χ1) is 20.0. The van der Waals surface area contributed by atoms with Crippen molar-refractivity contribution in [2.75, 3.05) is 10.6 Å². The summed E-state index contributed by atoms with van der Waals surface area (Å²) in [6, 6.07) is 0.275. The van der Waals surface area contributed by atoms with Crippen LogP contribution in [0.2, 0.25) is 0 Å². The maximum atomic E-state index is 12.4. The zero-order chi connectivity index (χ0) is 30.1. The van der Waals surface area contributed by atoms with Crippen LogP contribution in [0.15, 0.2) is 33.6 Å². The molecule has 12 nitrogen and oxygen atoms in total. The molecule has 4 aromatic rings. The fraction of sp³-hybridized carbons (Fsp3) is 0.538. The Bertz CT molecular complexity index is 1470. The Kier molecular flexibility index (Phi) is 8.06. The first-order valence-corrected chi connectivity index (χ1v) is 13.4. The van der Waals surface area contributed by atoms with Crippen LogP contribution < -0.4 is 10.6 Å². The fourth-order valence-corrected chi connectivity index (χ4v) is 4.10. The van der Waals surface area contributed by atoms with E-state index in [1.54, 1.807) is 0 Å². The molecule has 0 amide bonds. The lowest BCUT2D eigenvalue weighted by Crippen LogP contribution is -2.28. The molecule has 0 bridgehead atoms. The summed E-state index contributed by atoms with van der Waals surface area (Å²) < 4.78 is 59.2. The number of halogens is 4. The van der Waals surface area contributed by atoms with Gasteiger partial charge in [0.15, 0.2) is 0 Å². The van der Waals surface area contributed by atoms with Gasteiger partial charge in [-0.2, -0.15) is 17.6 Å². The van der Waals surface area contributed by atoms with Gasteiger partial charge in [-0.3, -0.25) is 0 Å². The Balaban J connectivity index is 0.000000168. The minimum absolute atomic E-state index is 0.0122. The molecule has 2 aliphatic carbocycles. The number of hydrogen-bond donors (Lipinski definition) is 2. The van der Waals surface area contributed by atoms with Gasteiger partial charge in [-0.15, -0.1) is 20.4 Å². The molecular formula is C26H30F4N10O2. The van der Waals surface area contributed by atoms with Crippen molar-refractivity contribution in [3.63, 3.8) is 0 Å². The summed E-state index contributed by atoms with van der Waals surface area (Å²) in [5, 5.41) is 20.2. The molecule has 42 heavy (non-hydrogen) atoms. The van der Waals surface area contributed by atoms with Gasteiger partial charge < -0.3 is 19.5 Å². The first-order valence-electron chi connectivity index (χ1n) is 13.4. The van der Waals surface area contributed by atoms with E-state index < -0.39 is 24.6 Å². The maximum Gasteiger partial charge on any atom is 0.314 e. The summed E-state index contributed by atoms with van der Waals surface area (Å²) >= 11 is 0. The number of aromatic nitrogens is 8. The molecule has 16 heteroatoms. The molecular weight excluding hydrogens is 560 g/mol. The molecule has 1 unspecified atom stereocenters. The van der Waals surface area contributed by atoms with E-state index in [9.17, 15) is 17.6 Å². The van der Waals surface area contributed by atoms with Crippen LogP contribution in [0.4, 0.5) is 29.5 Å². The van der Waals surface area contributed by atoms with Crippen molar-refractivity contribution in [2.45, 2.75) is 77.8 Å². The Morgan fingerprint density at radius 1 is 0.690 bits per heavy atom. The van der Waals surface area contributed by atoms with Crippen LogP contribution in [0.3, 0.4) is 0 Å². The highest BCUT2D eigenvalue weighted by atomic mass is 19.3. The lowest BCUT2D eigenvalue weighted by molar-refractivity contribution is 0.115. The van der Waals surface area contributed by atoms with Crippen LogP contribution in [-0.2, 0) is 0 Å². The monoisotopic (exact) mass is 590 g/mol. The van der Waals surface area contributed by atoms with E-state index in [2.05, 4.69) is 78.7 Å². The number of nitrogens with one attached hydrogen (secondary N) is 2. The molecule has 4 aromatic heterocycles. The number of alkyl halides is 4. The van der Waals surface area contributed by atoms with Crippen LogP contribution in [0.1, 0.15) is 78.0 Å². The minimum Gasteiger partial charge on any atom is -0.415 e. The lowest BCUT2D eigenvalue weighted by Gasteiger charge is -2.21. The largest absolute Gasteiger partial charge is 0.415 e. The van der Waals surface area contributed by atoms with Crippen LogP contribution in [0.25, 0.3) is 22.9 Å². The molecule has 0 aromatic carbocycles. The topological polar surface area (TPSA) is 153 Å². The third-order valence-electron chi connectivity index (χ3n) is 7.74. The summed E-state index contributed by atoms with van der Waals surface area (Å²) in [7, 11) is 0. The van der Waals surface area contributed by atoms with Gasteiger partial charge in [0, 0.05) is 36.4 Å². The molecule has 0 saturated heterocycles. The van der Waals surface area contributed by atoms with Crippen LogP contribution in [0, 0.1) is 11.3 Å². The summed E-state index contributed by atoms with van der Waals surface area (Å²) in [4.78, 5) is 16.7. The fourth-order valence-electron chi connectivity index (χ4n) is 4.10. The van der Waals surface area contributed by atoms with Gasteiger partial charge in [0.2, 0.25) is 11.9 Å². The molecule has 6 rings (SSSR count). The molecule has 0 aliphatic heterocycles. The van der Waals surface area contributed by atoms with Gasteiger partial charge in [0.05, 0.1) is 11.1 Å². The van der Waals surface area contributed by atoms with Gasteiger partial charge in [-0.05, 0) is 43.9 Å². The summed E-state index contributed by atoms with van der Waals surface area (Å²) in [5.41, 5.74) is 1.20. The van der Waals surface area contributed by atoms with Crippen molar-refractivity contribution in [1.82, 2.24) is 40.3 Å². The maximum absolute atomic E-state index is 12.4. The number of hydrogen-bond acceptors (Lipinski definition) is 12. The lowest BCUT2D eigenvalue weighted by atomic mass is 10.0. The number of rotatable bonds is 10. The Morgan fingerprint density at radius 2 is 1.14 bits per heavy atom. The molecule has 0 radical (unpaired) electrons. The van der Waals surface area contributed by atoms with Crippen molar-refractivity contribution < 1.29 is 26.4 Å². The molecule has 2 aliphatic rings. The third kappa shape index (κ3) is 6.62. The van der Waals surface area contributed by atoms with Gasteiger partial charge in [-0.1, -0.05) is 20.8 Å². The van der Waals surface area contributed by atoms with Gasteiger partial charge in [0.25, 0.3) is 23.6 Å². The standard InChI is InChI=1S/2C13H15F2N5O/c1-7(13(2)3-4-13)18-12-16-5-8(6-17-12)10-19-20-11(21-10)9(14)15;1-7(2)13(3-4-13)18-12-16-5-8(6-17-12)10-19-20-11(21-10)9(14)15/h2*5-7,9H,3-4H2,1-2H3,(H,16,17,18). The molecule has 0 spiro atoms. The van der Waals surface area contributed by atoms with E-state index in [1.165, 1.54) is 37.6 Å². The van der Waals surface area contributed by atoms with Crippen molar-refractivity contribution >= 4 is 11.9 Å². The van der Waals surface area contributed by atoms with Crippen LogP contribution in [-0.4, -0.2) is 51.9 Å². The second kappa shape index (κ2) is 11.6. The van der Waals surface area contributed by atoms with E-state index in [4.69, 9.17) is 8.83 Å². The quantitative estimate of drug-likeness (QED) is 0.204. The number of nitrogens with zero attached hydrogens (tertiary/aromatic N) is 8. The van der Waals surface area contributed by atoms with Crippen molar-refractivity contribution in [3.05, 3.63) is 36.6 Å². The third-order valence-corrected chi connectivity index (χ3v) is 7.74.